The van der Waals surface area contributed by atoms with Crippen LogP contribution in [0.1, 0.15) is 70.3 Å². The number of rotatable bonds is 8. The van der Waals surface area contributed by atoms with E-state index in [4.69, 9.17) is 19.3 Å². The lowest BCUT2D eigenvalue weighted by atomic mass is 9.97. The van der Waals surface area contributed by atoms with Crippen LogP contribution in [-0.2, 0) is 11.2 Å². The largest absolute Gasteiger partial charge is 0.491 e. The number of aliphatic hydroxyl groups excluding tert-OH is 1. The summed E-state index contributed by atoms with van der Waals surface area (Å²) < 4.78 is 20.0. The second kappa shape index (κ2) is 9.84. The van der Waals surface area contributed by atoms with Crippen LogP contribution in [0.15, 0.2) is 24.3 Å². The second-order valence-electron chi connectivity index (χ2n) is 8.96. The third-order valence-electron chi connectivity index (χ3n) is 5.45. The maximum atomic E-state index is 9.53. The van der Waals surface area contributed by atoms with Crippen LogP contribution in [0.25, 0.3) is 0 Å². The molecule has 6 heteroatoms. The minimum absolute atomic E-state index is 0.0152. The zero-order chi connectivity index (χ0) is 21.8. The third kappa shape index (κ3) is 5.55. The first-order valence-electron chi connectivity index (χ1n) is 11.0. The van der Waals surface area contributed by atoms with E-state index in [1.165, 1.54) is 5.56 Å². The van der Waals surface area contributed by atoms with E-state index in [1.807, 2.05) is 30.7 Å². The van der Waals surface area contributed by atoms with Gasteiger partial charge in [-0.05, 0) is 64.7 Å². The number of ether oxygens (including phenoxy) is 3. The van der Waals surface area contributed by atoms with Gasteiger partial charge in [0, 0.05) is 30.1 Å². The molecule has 6 nitrogen and oxygen atoms in total. The Morgan fingerprint density at radius 3 is 2.47 bits per heavy atom. The summed E-state index contributed by atoms with van der Waals surface area (Å²) in [5, 5.41) is 14.3. The van der Waals surface area contributed by atoms with Gasteiger partial charge in [0.2, 0.25) is 12.2 Å². The molecule has 1 aromatic heterocycles. The Morgan fingerprint density at radius 1 is 1.17 bits per heavy atom. The first-order chi connectivity index (χ1) is 14.3. The highest BCUT2D eigenvalue weighted by atomic mass is 16.7. The molecule has 1 aliphatic rings. The molecule has 0 saturated carbocycles. The van der Waals surface area contributed by atoms with E-state index in [9.17, 15) is 5.11 Å². The SMILES string of the molecule is Cc1c(Cc2ccc(OC(C)C)cc2)c(O[C@H]2C[C@@H](C)C[C@@H](CO)O2)nn1C(C)C. The van der Waals surface area contributed by atoms with Gasteiger partial charge in [-0.15, -0.1) is 5.10 Å². The Kier molecular flexibility index (Phi) is 7.42. The standard InChI is InChI=1S/C24H36N2O4/c1-15(2)26-18(6)22(13-19-7-9-20(10-8-19)28-16(3)4)24(25-26)30-23-12-17(5)11-21(14-27)29-23/h7-10,15-17,21,23,27H,11-14H2,1-6H3/t17-,21-,23-/m0/s1. The van der Waals surface area contributed by atoms with Gasteiger partial charge in [0.1, 0.15) is 5.75 Å². The van der Waals surface area contributed by atoms with Gasteiger partial charge in [0.05, 0.1) is 18.8 Å². The second-order valence-corrected chi connectivity index (χ2v) is 8.96. The zero-order valence-corrected chi connectivity index (χ0v) is 19.1. The first-order valence-corrected chi connectivity index (χ1v) is 11.0. The molecular weight excluding hydrogens is 380 g/mol. The van der Waals surface area contributed by atoms with E-state index < -0.39 is 0 Å². The molecule has 1 N–H and O–H groups in total. The van der Waals surface area contributed by atoms with E-state index >= 15 is 0 Å². The minimum atomic E-state index is -0.388. The number of hydrogen-bond donors (Lipinski definition) is 1. The lowest BCUT2D eigenvalue weighted by Gasteiger charge is -2.32. The van der Waals surface area contributed by atoms with Crippen molar-refractivity contribution in [3.63, 3.8) is 0 Å². The van der Waals surface area contributed by atoms with E-state index in [2.05, 4.69) is 39.8 Å². The molecule has 0 radical (unpaired) electrons. The van der Waals surface area contributed by atoms with Crippen LogP contribution in [-0.4, -0.2) is 40.0 Å². The van der Waals surface area contributed by atoms with Gasteiger partial charge >= 0.3 is 0 Å². The highest BCUT2D eigenvalue weighted by Crippen LogP contribution is 2.31. The van der Waals surface area contributed by atoms with Crippen LogP contribution in [0.4, 0.5) is 0 Å². The number of aliphatic hydroxyl groups is 1. The van der Waals surface area contributed by atoms with Gasteiger partial charge in [0.25, 0.3) is 0 Å². The molecule has 0 aliphatic carbocycles. The predicted octanol–water partition coefficient (Wildman–Crippen LogP) is 4.66. The highest BCUT2D eigenvalue weighted by Gasteiger charge is 2.30. The summed E-state index contributed by atoms with van der Waals surface area (Å²) >= 11 is 0. The molecule has 0 bridgehead atoms. The van der Waals surface area contributed by atoms with Crippen molar-refractivity contribution in [3.05, 3.63) is 41.1 Å². The lowest BCUT2D eigenvalue weighted by Crippen LogP contribution is -2.37. The first kappa shape index (κ1) is 22.6. The van der Waals surface area contributed by atoms with E-state index in [-0.39, 0.29) is 31.1 Å². The summed E-state index contributed by atoms with van der Waals surface area (Å²) in [7, 11) is 0. The van der Waals surface area contributed by atoms with Gasteiger partial charge in [-0.1, -0.05) is 19.1 Å². The highest BCUT2D eigenvalue weighted by molar-refractivity contribution is 5.38. The number of aromatic nitrogens is 2. The summed E-state index contributed by atoms with van der Waals surface area (Å²) in [5.41, 5.74) is 3.35. The Labute approximate surface area is 180 Å². The average Bonchev–Trinajstić information content (AvgIpc) is 2.98. The fourth-order valence-electron chi connectivity index (χ4n) is 4.01. The monoisotopic (exact) mass is 416 g/mol. The van der Waals surface area contributed by atoms with Gasteiger partial charge in [-0.25, -0.2) is 0 Å². The quantitative estimate of drug-likeness (QED) is 0.678. The molecular formula is C24H36N2O4. The maximum Gasteiger partial charge on any atom is 0.238 e. The fourth-order valence-corrected chi connectivity index (χ4v) is 4.01. The number of hydrogen-bond acceptors (Lipinski definition) is 5. The molecule has 3 rings (SSSR count). The normalized spacial score (nSPS) is 22.0. The number of nitrogens with zero attached hydrogens (tertiary/aromatic N) is 2. The van der Waals surface area contributed by atoms with Gasteiger partial charge in [-0.3, -0.25) is 4.68 Å². The van der Waals surface area contributed by atoms with Crippen LogP contribution in [0.2, 0.25) is 0 Å². The van der Waals surface area contributed by atoms with Crippen LogP contribution < -0.4 is 9.47 Å². The molecule has 1 aromatic carbocycles. The van der Waals surface area contributed by atoms with Crippen LogP contribution in [0, 0.1) is 12.8 Å². The Morgan fingerprint density at radius 2 is 1.87 bits per heavy atom. The number of benzene rings is 1. The molecule has 30 heavy (non-hydrogen) atoms. The Balaban J connectivity index is 1.82. The molecule has 1 aliphatic heterocycles. The molecule has 3 atom stereocenters. The van der Waals surface area contributed by atoms with Gasteiger partial charge in [-0.2, -0.15) is 0 Å². The molecule has 1 fully saturated rings. The summed E-state index contributed by atoms with van der Waals surface area (Å²) in [6.07, 6.45) is 1.97. The van der Waals surface area contributed by atoms with Crippen LogP contribution in [0.5, 0.6) is 11.6 Å². The fraction of sp³-hybridized carbons (Fsp3) is 0.625. The summed E-state index contributed by atoms with van der Waals surface area (Å²) in [6.45, 7) is 12.6. The predicted molar refractivity (Wildman–Crippen MR) is 117 cm³/mol. The third-order valence-corrected chi connectivity index (χ3v) is 5.45. The van der Waals surface area contributed by atoms with Crippen LogP contribution in [0.3, 0.4) is 0 Å². The van der Waals surface area contributed by atoms with Gasteiger partial charge < -0.3 is 19.3 Å². The van der Waals surface area contributed by atoms with Crippen molar-refractivity contribution in [1.82, 2.24) is 9.78 Å². The Hall–Kier alpha value is -2.05. The maximum absolute atomic E-state index is 9.53. The molecule has 2 heterocycles. The summed E-state index contributed by atoms with van der Waals surface area (Å²) in [5.74, 6) is 1.94. The molecule has 0 spiro atoms. The van der Waals surface area contributed by atoms with Crippen molar-refractivity contribution in [2.45, 2.75) is 85.3 Å². The molecule has 1 saturated heterocycles. The van der Waals surface area contributed by atoms with Crippen molar-refractivity contribution in [1.29, 1.82) is 0 Å². The topological polar surface area (TPSA) is 65.7 Å². The molecule has 0 unspecified atom stereocenters. The minimum Gasteiger partial charge on any atom is -0.491 e. The summed E-state index contributed by atoms with van der Waals surface area (Å²) in [6, 6.07) is 8.44. The van der Waals surface area contributed by atoms with E-state index in [0.29, 0.717) is 11.8 Å². The van der Waals surface area contributed by atoms with Crippen molar-refractivity contribution < 1.29 is 19.3 Å². The summed E-state index contributed by atoms with van der Waals surface area (Å²) in [4.78, 5) is 0. The smallest absolute Gasteiger partial charge is 0.238 e. The van der Waals surface area contributed by atoms with Crippen molar-refractivity contribution >= 4 is 0 Å². The zero-order valence-electron chi connectivity index (χ0n) is 19.1. The van der Waals surface area contributed by atoms with Gasteiger partial charge in [0.15, 0.2) is 0 Å². The Bertz CT molecular complexity index is 813. The van der Waals surface area contributed by atoms with E-state index in [0.717, 1.165) is 36.3 Å². The van der Waals surface area contributed by atoms with Crippen LogP contribution >= 0.6 is 0 Å². The van der Waals surface area contributed by atoms with Crippen molar-refractivity contribution in [2.75, 3.05) is 6.61 Å². The molecule has 166 valence electrons. The van der Waals surface area contributed by atoms with Crippen molar-refractivity contribution in [2.24, 2.45) is 5.92 Å². The van der Waals surface area contributed by atoms with E-state index in [1.54, 1.807) is 0 Å². The average molecular weight is 417 g/mol. The van der Waals surface area contributed by atoms with Crippen molar-refractivity contribution in [3.8, 4) is 11.6 Å². The molecule has 2 aromatic rings. The lowest BCUT2D eigenvalue weighted by molar-refractivity contribution is -0.172. The molecule has 0 amide bonds.